The number of anilines is 1. The zero-order chi connectivity index (χ0) is 22.2. The second kappa shape index (κ2) is 10.8. The highest BCUT2D eigenvalue weighted by atomic mass is 35.5. The van der Waals surface area contributed by atoms with Crippen molar-refractivity contribution in [3.63, 3.8) is 0 Å². The van der Waals surface area contributed by atoms with Crippen LogP contribution in [-0.4, -0.2) is 56.5 Å². The number of ether oxygens (including phenoxy) is 3. The number of hydrogen-bond acceptors (Lipinski definition) is 6. The van der Waals surface area contributed by atoms with Crippen molar-refractivity contribution in [1.82, 2.24) is 14.9 Å². The highest BCUT2D eigenvalue weighted by molar-refractivity contribution is 6.30. The maximum Gasteiger partial charge on any atom is 0.240 e. The van der Waals surface area contributed by atoms with E-state index in [0.29, 0.717) is 41.3 Å². The highest BCUT2D eigenvalue weighted by Crippen LogP contribution is 2.30. The molecule has 9 heteroatoms. The minimum absolute atomic E-state index is 0.133. The molecule has 164 valence electrons. The van der Waals surface area contributed by atoms with Crippen molar-refractivity contribution < 1.29 is 19.0 Å². The largest absolute Gasteiger partial charge is 0.497 e. The number of aromatic nitrogens is 2. The summed E-state index contributed by atoms with van der Waals surface area (Å²) < 4.78 is 17.5. The summed E-state index contributed by atoms with van der Waals surface area (Å²) in [7, 11) is 4.78. The first-order chi connectivity index (χ1) is 15.0. The van der Waals surface area contributed by atoms with E-state index < -0.39 is 0 Å². The SMILES string of the molecule is COCCNCC(=O)Nc1nc(-c2ccc(Cl)cc2)cn1-c1cc(OC)cc(OC)c1. The zero-order valence-electron chi connectivity index (χ0n) is 17.6. The molecule has 0 saturated carbocycles. The maximum atomic E-state index is 12.5. The molecule has 1 aromatic heterocycles. The molecule has 3 aromatic rings. The Bertz CT molecular complexity index is 999. The van der Waals surface area contributed by atoms with Crippen LogP contribution in [0.3, 0.4) is 0 Å². The number of methoxy groups -OCH3 is 3. The minimum Gasteiger partial charge on any atom is -0.497 e. The van der Waals surface area contributed by atoms with Crippen LogP contribution in [0.5, 0.6) is 11.5 Å². The summed E-state index contributed by atoms with van der Waals surface area (Å²) in [4.78, 5) is 17.1. The second-order valence-electron chi connectivity index (χ2n) is 6.62. The van der Waals surface area contributed by atoms with Gasteiger partial charge in [0.1, 0.15) is 11.5 Å². The predicted molar refractivity (Wildman–Crippen MR) is 120 cm³/mol. The molecule has 0 aliphatic rings. The minimum atomic E-state index is -0.222. The first-order valence-corrected chi connectivity index (χ1v) is 10.00. The van der Waals surface area contributed by atoms with Gasteiger partial charge in [-0.2, -0.15) is 0 Å². The van der Waals surface area contributed by atoms with Crippen molar-refractivity contribution in [3.8, 4) is 28.4 Å². The quantitative estimate of drug-likeness (QED) is 0.466. The number of halogens is 1. The van der Waals surface area contributed by atoms with Crippen LogP contribution in [0.15, 0.2) is 48.7 Å². The Labute approximate surface area is 186 Å². The molecule has 0 radical (unpaired) electrons. The normalized spacial score (nSPS) is 10.7. The van der Waals surface area contributed by atoms with Gasteiger partial charge in [0.25, 0.3) is 0 Å². The number of carbonyl (C=O) groups excluding carboxylic acids is 1. The van der Waals surface area contributed by atoms with Crippen LogP contribution >= 0.6 is 11.6 Å². The highest BCUT2D eigenvalue weighted by Gasteiger charge is 2.15. The Hall–Kier alpha value is -3.07. The first kappa shape index (κ1) is 22.6. The fourth-order valence-corrected chi connectivity index (χ4v) is 3.03. The van der Waals surface area contributed by atoms with Crippen molar-refractivity contribution >= 4 is 23.5 Å². The molecule has 1 amide bonds. The van der Waals surface area contributed by atoms with Crippen LogP contribution in [0.25, 0.3) is 16.9 Å². The van der Waals surface area contributed by atoms with E-state index in [9.17, 15) is 4.79 Å². The lowest BCUT2D eigenvalue weighted by atomic mass is 10.2. The van der Waals surface area contributed by atoms with Gasteiger partial charge in [-0.05, 0) is 12.1 Å². The van der Waals surface area contributed by atoms with Gasteiger partial charge in [0.05, 0.1) is 38.8 Å². The molecule has 0 saturated heterocycles. The number of nitrogens with one attached hydrogen (secondary N) is 2. The Morgan fingerprint density at radius 1 is 1.06 bits per heavy atom. The molecule has 0 bridgehead atoms. The molecule has 0 aliphatic carbocycles. The van der Waals surface area contributed by atoms with Crippen LogP contribution < -0.4 is 20.1 Å². The number of rotatable bonds is 10. The van der Waals surface area contributed by atoms with Gasteiger partial charge in [0.15, 0.2) is 0 Å². The maximum absolute atomic E-state index is 12.5. The van der Waals surface area contributed by atoms with Crippen molar-refractivity contribution in [2.75, 3.05) is 46.3 Å². The Balaban J connectivity index is 1.96. The molecule has 0 atom stereocenters. The first-order valence-electron chi connectivity index (χ1n) is 9.62. The van der Waals surface area contributed by atoms with E-state index in [1.54, 1.807) is 44.1 Å². The molecule has 3 rings (SSSR count). The monoisotopic (exact) mass is 444 g/mol. The molecule has 0 spiro atoms. The van der Waals surface area contributed by atoms with Crippen LogP contribution in [0.4, 0.5) is 5.95 Å². The van der Waals surface area contributed by atoms with Gasteiger partial charge in [0, 0.05) is 48.6 Å². The van der Waals surface area contributed by atoms with E-state index in [-0.39, 0.29) is 12.5 Å². The number of benzene rings is 2. The van der Waals surface area contributed by atoms with Crippen LogP contribution in [0.1, 0.15) is 0 Å². The van der Waals surface area contributed by atoms with E-state index in [4.69, 9.17) is 25.8 Å². The molecule has 0 unspecified atom stereocenters. The van der Waals surface area contributed by atoms with Crippen molar-refractivity contribution in [1.29, 1.82) is 0 Å². The van der Waals surface area contributed by atoms with Crippen LogP contribution in [-0.2, 0) is 9.53 Å². The predicted octanol–water partition coefficient (Wildman–Crippen LogP) is 3.38. The fourth-order valence-electron chi connectivity index (χ4n) is 2.90. The zero-order valence-corrected chi connectivity index (χ0v) is 18.4. The van der Waals surface area contributed by atoms with E-state index in [2.05, 4.69) is 15.6 Å². The third-order valence-electron chi connectivity index (χ3n) is 4.48. The number of nitrogens with zero attached hydrogens (tertiary/aromatic N) is 2. The summed E-state index contributed by atoms with van der Waals surface area (Å²) in [6.07, 6.45) is 1.84. The van der Waals surface area contributed by atoms with Crippen molar-refractivity contribution in [3.05, 3.63) is 53.7 Å². The van der Waals surface area contributed by atoms with Gasteiger partial charge < -0.3 is 19.5 Å². The van der Waals surface area contributed by atoms with Crippen molar-refractivity contribution in [2.24, 2.45) is 0 Å². The van der Waals surface area contributed by atoms with Gasteiger partial charge in [-0.1, -0.05) is 23.7 Å². The molecule has 0 aliphatic heterocycles. The van der Waals surface area contributed by atoms with Gasteiger partial charge in [0.2, 0.25) is 11.9 Å². The number of hydrogen-bond donors (Lipinski definition) is 2. The molecular formula is C22H25ClN4O4. The smallest absolute Gasteiger partial charge is 0.240 e. The molecule has 0 fully saturated rings. The summed E-state index contributed by atoms with van der Waals surface area (Å²) in [6.45, 7) is 1.22. The molecule has 1 heterocycles. The lowest BCUT2D eigenvalue weighted by Crippen LogP contribution is -2.31. The Kier molecular flexibility index (Phi) is 7.88. The lowest BCUT2D eigenvalue weighted by Gasteiger charge is -2.12. The summed E-state index contributed by atoms with van der Waals surface area (Å²) in [5, 5.41) is 6.52. The topological polar surface area (TPSA) is 86.6 Å². The molecular weight excluding hydrogens is 420 g/mol. The molecule has 2 aromatic carbocycles. The standard InChI is InChI=1S/C22H25ClN4O4/c1-29-9-8-24-13-21(28)26-22-25-20(15-4-6-16(23)7-5-15)14-27(22)17-10-18(30-2)12-19(11-17)31-3/h4-7,10-12,14,24H,8-9,13H2,1-3H3,(H,25,26,28). The summed E-state index contributed by atoms with van der Waals surface area (Å²) in [5.74, 6) is 1.39. The molecule has 8 nitrogen and oxygen atoms in total. The van der Waals surface area contributed by atoms with Gasteiger partial charge in [-0.25, -0.2) is 4.98 Å². The van der Waals surface area contributed by atoms with E-state index >= 15 is 0 Å². The van der Waals surface area contributed by atoms with Gasteiger partial charge in [-0.15, -0.1) is 0 Å². The second-order valence-corrected chi connectivity index (χ2v) is 7.05. The Morgan fingerprint density at radius 3 is 2.35 bits per heavy atom. The van der Waals surface area contributed by atoms with Gasteiger partial charge >= 0.3 is 0 Å². The number of amides is 1. The van der Waals surface area contributed by atoms with E-state index in [1.807, 2.05) is 30.5 Å². The average molecular weight is 445 g/mol. The fraction of sp³-hybridized carbons (Fsp3) is 0.273. The summed E-state index contributed by atoms with van der Waals surface area (Å²) >= 11 is 6.01. The average Bonchev–Trinajstić information content (AvgIpc) is 3.20. The number of carbonyl (C=O) groups is 1. The Morgan fingerprint density at radius 2 is 1.74 bits per heavy atom. The third kappa shape index (κ3) is 5.97. The van der Waals surface area contributed by atoms with Crippen molar-refractivity contribution in [2.45, 2.75) is 0 Å². The van der Waals surface area contributed by atoms with E-state index in [0.717, 1.165) is 11.3 Å². The van der Waals surface area contributed by atoms with Crippen LogP contribution in [0, 0.1) is 0 Å². The van der Waals surface area contributed by atoms with Crippen LogP contribution in [0.2, 0.25) is 5.02 Å². The van der Waals surface area contributed by atoms with E-state index in [1.165, 1.54) is 0 Å². The molecule has 31 heavy (non-hydrogen) atoms. The summed E-state index contributed by atoms with van der Waals surface area (Å²) in [5.41, 5.74) is 2.28. The van der Waals surface area contributed by atoms with Gasteiger partial charge in [-0.3, -0.25) is 14.7 Å². The third-order valence-corrected chi connectivity index (χ3v) is 4.73. The number of imidazole rings is 1. The lowest BCUT2D eigenvalue weighted by molar-refractivity contribution is -0.115. The summed E-state index contributed by atoms with van der Waals surface area (Å²) in [6, 6.07) is 12.8. The molecule has 2 N–H and O–H groups in total.